The van der Waals surface area contributed by atoms with E-state index in [-0.39, 0.29) is 11.7 Å². The highest BCUT2D eigenvalue weighted by atomic mass is 16.5. The number of aldehydes is 1. The number of rotatable bonds is 8. The molecule has 25 heavy (non-hydrogen) atoms. The molecule has 8 heteroatoms. The lowest BCUT2D eigenvalue weighted by molar-refractivity contribution is 0.112. The zero-order valence-electron chi connectivity index (χ0n) is 13.8. The lowest BCUT2D eigenvalue weighted by atomic mass is 10.1. The summed E-state index contributed by atoms with van der Waals surface area (Å²) in [6.45, 7) is 1.21. The lowest BCUT2D eigenvalue weighted by Gasteiger charge is -2.06. The summed E-state index contributed by atoms with van der Waals surface area (Å²) in [6, 6.07) is 7.46. The smallest absolute Gasteiger partial charge is 0.327 e. The minimum atomic E-state index is -0.247. The Morgan fingerprint density at radius 1 is 1.24 bits per heavy atom. The Labute approximate surface area is 143 Å². The molecule has 0 fully saturated rings. The molecule has 0 aliphatic rings. The largest absolute Gasteiger partial charge is 0.461 e. The van der Waals surface area contributed by atoms with E-state index in [9.17, 15) is 9.59 Å². The Balaban J connectivity index is 1.79. The fourth-order valence-corrected chi connectivity index (χ4v) is 2.43. The third-order valence-corrected chi connectivity index (χ3v) is 3.75. The quantitative estimate of drug-likeness (QED) is 0.488. The predicted molar refractivity (Wildman–Crippen MR) is 91.1 cm³/mol. The Bertz CT molecular complexity index is 915. The van der Waals surface area contributed by atoms with Crippen LogP contribution in [0.1, 0.15) is 15.9 Å². The SMILES string of the molecule is COCCOc1ncc2[nH]c(=O)n(CCc3ccc(C=O)cc3)c2n1. The maximum absolute atomic E-state index is 12.2. The molecule has 0 radical (unpaired) electrons. The van der Waals surface area contributed by atoms with E-state index in [1.807, 2.05) is 12.1 Å². The van der Waals surface area contributed by atoms with E-state index in [4.69, 9.17) is 9.47 Å². The summed E-state index contributed by atoms with van der Waals surface area (Å²) in [6.07, 6.45) is 2.97. The van der Waals surface area contributed by atoms with Gasteiger partial charge in [-0.25, -0.2) is 9.78 Å². The van der Waals surface area contributed by atoms with Crippen LogP contribution in [0.5, 0.6) is 6.01 Å². The Morgan fingerprint density at radius 3 is 2.76 bits per heavy atom. The van der Waals surface area contributed by atoms with E-state index in [1.54, 1.807) is 23.8 Å². The minimum absolute atomic E-state index is 0.202. The second-order valence-corrected chi connectivity index (χ2v) is 5.42. The Kier molecular flexibility index (Phi) is 5.20. The number of aromatic amines is 1. The number of imidazole rings is 1. The molecule has 0 saturated carbocycles. The van der Waals surface area contributed by atoms with Gasteiger partial charge in [0.15, 0.2) is 5.65 Å². The molecule has 0 aliphatic heterocycles. The molecule has 3 aromatic rings. The average Bonchev–Trinajstić information content (AvgIpc) is 2.95. The van der Waals surface area contributed by atoms with Gasteiger partial charge in [-0.3, -0.25) is 9.36 Å². The molecule has 0 amide bonds. The second-order valence-electron chi connectivity index (χ2n) is 5.42. The highest BCUT2D eigenvalue weighted by molar-refractivity contribution is 5.74. The predicted octanol–water partition coefficient (Wildman–Crippen LogP) is 1.20. The Hall–Kier alpha value is -3.00. The van der Waals surface area contributed by atoms with Crippen LogP contribution >= 0.6 is 0 Å². The second kappa shape index (κ2) is 7.71. The summed E-state index contributed by atoms with van der Waals surface area (Å²) in [7, 11) is 1.58. The van der Waals surface area contributed by atoms with Gasteiger partial charge >= 0.3 is 11.7 Å². The van der Waals surface area contributed by atoms with Gasteiger partial charge in [-0.15, -0.1) is 0 Å². The molecule has 1 aromatic carbocycles. The molecule has 0 unspecified atom stereocenters. The third-order valence-electron chi connectivity index (χ3n) is 3.75. The number of aromatic nitrogens is 4. The van der Waals surface area contributed by atoms with Gasteiger partial charge in [0.2, 0.25) is 0 Å². The first kappa shape index (κ1) is 16.8. The highest BCUT2D eigenvalue weighted by Crippen LogP contribution is 2.12. The summed E-state index contributed by atoms with van der Waals surface area (Å²) >= 11 is 0. The number of hydrogen-bond acceptors (Lipinski definition) is 6. The molecule has 3 rings (SSSR count). The number of carbonyl (C=O) groups is 1. The van der Waals surface area contributed by atoms with Crippen molar-refractivity contribution in [3.63, 3.8) is 0 Å². The minimum Gasteiger partial charge on any atom is -0.461 e. The molecular formula is C17H18N4O4. The summed E-state index contributed by atoms with van der Waals surface area (Å²) in [4.78, 5) is 34.0. The first-order chi connectivity index (χ1) is 12.2. The van der Waals surface area contributed by atoms with Crippen molar-refractivity contribution in [2.45, 2.75) is 13.0 Å². The van der Waals surface area contributed by atoms with Crippen LogP contribution in [0, 0.1) is 0 Å². The molecule has 2 aromatic heterocycles. The number of benzene rings is 1. The lowest BCUT2D eigenvalue weighted by Crippen LogP contribution is -2.18. The van der Waals surface area contributed by atoms with Crippen LogP contribution in [0.15, 0.2) is 35.3 Å². The van der Waals surface area contributed by atoms with E-state index in [1.165, 1.54) is 6.20 Å². The van der Waals surface area contributed by atoms with Gasteiger partial charge in [-0.2, -0.15) is 4.98 Å². The molecule has 0 bridgehead atoms. The van der Waals surface area contributed by atoms with Crippen molar-refractivity contribution in [2.75, 3.05) is 20.3 Å². The van der Waals surface area contributed by atoms with Crippen molar-refractivity contribution in [2.24, 2.45) is 0 Å². The van der Waals surface area contributed by atoms with Crippen LogP contribution in [0.4, 0.5) is 0 Å². The number of aryl methyl sites for hydroxylation is 2. The van der Waals surface area contributed by atoms with Crippen LogP contribution in [0.3, 0.4) is 0 Å². The highest BCUT2D eigenvalue weighted by Gasteiger charge is 2.11. The van der Waals surface area contributed by atoms with Gasteiger partial charge in [0.25, 0.3) is 0 Å². The van der Waals surface area contributed by atoms with Crippen LogP contribution in [0.2, 0.25) is 0 Å². The number of nitrogens with zero attached hydrogens (tertiary/aromatic N) is 3. The molecular weight excluding hydrogens is 324 g/mol. The third kappa shape index (κ3) is 3.92. The van der Waals surface area contributed by atoms with Crippen molar-refractivity contribution >= 4 is 17.5 Å². The maximum atomic E-state index is 12.2. The number of ether oxygens (including phenoxy) is 2. The number of methoxy groups -OCH3 is 1. The summed E-state index contributed by atoms with van der Waals surface area (Å²) < 4.78 is 11.9. The Morgan fingerprint density at radius 2 is 2.04 bits per heavy atom. The topological polar surface area (TPSA) is 99.1 Å². The van der Waals surface area contributed by atoms with Gasteiger partial charge in [0.1, 0.15) is 18.4 Å². The number of nitrogens with one attached hydrogen (secondary N) is 1. The maximum Gasteiger partial charge on any atom is 0.327 e. The van der Waals surface area contributed by atoms with Gasteiger partial charge in [-0.1, -0.05) is 24.3 Å². The molecule has 8 nitrogen and oxygen atoms in total. The summed E-state index contributed by atoms with van der Waals surface area (Å²) in [5.74, 6) is 0. The van der Waals surface area contributed by atoms with Crippen molar-refractivity contribution in [1.29, 1.82) is 0 Å². The van der Waals surface area contributed by atoms with Gasteiger partial charge in [0.05, 0.1) is 12.8 Å². The molecule has 0 atom stereocenters. The first-order valence-corrected chi connectivity index (χ1v) is 7.82. The van der Waals surface area contributed by atoms with Gasteiger partial charge in [0, 0.05) is 19.2 Å². The van der Waals surface area contributed by atoms with E-state index < -0.39 is 0 Å². The van der Waals surface area contributed by atoms with E-state index in [2.05, 4.69) is 15.0 Å². The van der Waals surface area contributed by atoms with Crippen molar-refractivity contribution in [1.82, 2.24) is 19.5 Å². The van der Waals surface area contributed by atoms with Crippen LogP contribution in [-0.2, 0) is 17.7 Å². The van der Waals surface area contributed by atoms with Crippen LogP contribution < -0.4 is 10.4 Å². The van der Waals surface area contributed by atoms with Crippen molar-refractivity contribution in [3.05, 3.63) is 52.1 Å². The standard InChI is InChI=1S/C17H18N4O4/c1-24-8-9-25-16-18-10-14-15(20-16)21(17(23)19-14)7-6-12-2-4-13(11-22)5-3-12/h2-5,10-11H,6-9H2,1H3,(H,19,23). The number of carbonyl (C=O) groups excluding carboxylic acids is 1. The number of hydrogen-bond donors (Lipinski definition) is 1. The van der Waals surface area contributed by atoms with E-state index >= 15 is 0 Å². The van der Waals surface area contributed by atoms with Gasteiger partial charge < -0.3 is 14.5 Å². The average molecular weight is 342 g/mol. The normalized spacial score (nSPS) is 10.9. The van der Waals surface area contributed by atoms with Crippen molar-refractivity contribution < 1.29 is 14.3 Å². The molecule has 0 saturated heterocycles. The number of fused-ring (bicyclic) bond motifs is 1. The first-order valence-electron chi connectivity index (χ1n) is 7.82. The number of H-pyrrole nitrogens is 1. The fourth-order valence-electron chi connectivity index (χ4n) is 2.43. The molecule has 130 valence electrons. The molecule has 1 N–H and O–H groups in total. The van der Waals surface area contributed by atoms with E-state index in [0.717, 1.165) is 11.8 Å². The van der Waals surface area contributed by atoms with Gasteiger partial charge in [-0.05, 0) is 12.0 Å². The summed E-state index contributed by atoms with van der Waals surface area (Å²) in [5.41, 5.74) is 2.45. The zero-order chi connectivity index (χ0) is 17.6. The van der Waals surface area contributed by atoms with Crippen LogP contribution in [-0.4, -0.2) is 46.1 Å². The zero-order valence-corrected chi connectivity index (χ0v) is 13.8. The summed E-state index contributed by atoms with van der Waals surface area (Å²) in [5, 5.41) is 0. The van der Waals surface area contributed by atoms with Crippen LogP contribution in [0.25, 0.3) is 11.2 Å². The molecule has 2 heterocycles. The van der Waals surface area contributed by atoms with Crippen molar-refractivity contribution in [3.8, 4) is 6.01 Å². The fraction of sp³-hybridized carbons (Fsp3) is 0.294. The monoisotopic (exact) mass is 342 g/mol. The molecule has 0 aliphatic carbocycles. The van der Waals surface area contributed by atoms with E-state index in [0.29, 0.717) is 42.9 Å². The molecule has 0 spiro atoms.